The van der Waals surface area contributed by atoms with Crippen molar-refractivity contribution in [3.05, 3.63) is 164 Å². The molecule has 0 radical (unpaired) electrons. The highest BCUT2D eigenvalue weighted by molar-refractivity contribution is 7.80. The van der Waals surface area contributed by atoms with Crippen molar-refractivity contribution in [3.63, 3.8) is 0 Å². The summed E-state index contributed by atoms with van der Waals surface area (Å²) < 4.78 is 18.7. The number of benzene rings is 7. The van der Waals surface area contributed by atoms with Gasteiger partial charge in [-0.3, -0.25) is 9.24 Å². The van der Waals surface area contributed by atoms with Crippen LogP contribution in [0.5, 0.6) is 0 Å². The fourth-order valence-electron chi connectivity index (χ4n) is 6.80. The number of fused-ring (bicyclic) bond motifs is 8. The first-order valence-electron chi connectivity index (χ1n) is 15.6. The van der Waals surface area contributed by atoms with Crippen molar-refractivity contribution in [3.8, 4) is 33.9 Å². The molecule has 8 aromatic rings. The van der Waals surface area contributed by atoms with Crippen molar-refractivity contribution in [1.82, 2.24) is 15.0 Å². The van der Waals surface area contributed by atoms with E-state index in [0.29, 0.717) is 17.0 Å². The van der Waals surface area contributed by atoms with E-state index in [1.54, 1.807) is 0 Å². The molecule has 7 aromatic carbocycles. The number of para-hydroxylation sites is 1. The second-order valence-electron chi connectivity index (χ2n) is 11.6. The van der Waals surface area contributed by atoms with Crippen LogP contribution in [-0.4, -0.2) is 15.0 Å². The quantitative estimate of drug-likeness (QED) is 0.145. The average Bonchev–Trinajstić information content (AvgIpc) is 3.16. The second kappa shape index (κ2) is 10.9. The van der Waals surface area contributed by atoms with Gasteiger partial charge in [0, 0.05) is 33.1 Å². The zero-order chi connectivity index (χ0) is 31.4. The van der Waals surface area contributed by atoms with Crippen LogP contribution in [0, 0.1) is 0 Å². The summed E-state index contributed by atoms with van der Waals surface area (Å²) in [5.74, 6) is 0.952. The summed E-state index contributed by atoms with van der Waals surface area (Å²) >= 11 is 0. The maximum Gasteiger partial charge on any atom is 0.270 e. The van der Waals surface area contributed by atoms with Crippen LogP contribution in [0.25, 0.3) is 55.4 Å². The lowest BCUT2D eigenvalue weighted by Gasteiger charge is -2.40. The Morgan fingerprint density at radius 1 is 0.447 bits per heavy atom. The Hall–Kier alpha value is -5.90. The molecule has 5 nitrogen and oxygen atoms in total. The summed E-state index contributed by atoms with van der Waals surface area (Å²) in [6.45, 7) is 0. The predicted octanol–water partition coefficient (Wildman–Crippen LogP) is 9.56. The van der Waals surface area contributed by atoms with Gasteiger partial charge in [0.25, 0.3) is 7.29 Å². The number of rotatable bonds is 4. The maximum absolute atomic E-state index is 16.7. The van der Waals surface area contributed by atoms with Crippen molar-refractivity contribution >= 4 is 51.1 Å². The summed E-state index contributed by atoms with van der Waals surface area (Å²) in [5.41, 5.74) is 5.55. The summed E-state index contributed by atoms with van der Waals surface area (Å²) in [5, 5.41) is 5.06. The first-order valence-corrected chi connectivity index (χ1v) is 17.2. The molecule has 0 saturated heterocycles. The normalized spacial score (nSPS) is 15.4. The molecule has 0 saturated carbocycles. The van der Waals surface area contributed by atoms with E-state index < -0.39 is 7.29 Å². The summed E-state index contributed by atoms with van der Waals surface area (Å²) in [6.07, 6.45) is 0. The van der Waals surface area contributed by atoms with E-state index in [-0.39, 0.29) is 5.57 Å². The van der Waals surface area contributed by atoms with Gasteiger partial charge in [-0.2, -0.15) is 0 Å². The SMILES string of the molecule is O=P1(c2nc(-c3ccccc3)nc(-c3ccccc3)n2)c2ccccc2-c2c(c3ccccc3c3ccccc23)N1c1ccccc1. The molecule has 0 amide bonds. The third-order valence-corrected chi connectivity index (χ3v) is 11.6. The van der Waals surface area contributed by atoms with Crippen molar-refractivity contribution in [2.24, 2.45) is 0 Å². The van der Waals surface area contributed by atoms with E-state index in [1.807, 2.05) is 114 Å². The van der Waals surface area contributed by atoms with Gasteiger partial charge < -0.3 is 0 Å². The Balaban J connectivity index is 1.45. The van der Waals surface area contributed by atoms with Crippen LogP contribution in [0.2, 0.25) is 0 Å². The van der Waals surface area contributed by atoms with Gasteiger partial charge in [-0.1, -0.05) is 146 Å². The van der Waals surface area contributed by atoms with E-state index >= 15 is 4.57 Å². The number of anilines is 2. The molecule has 1 unspecified atom stereocenters. The Morgan fingerprint density at radius 3 is 1.53 bits per heavy atom. The Bertz CT molecular complexity index is 2440. The smallest absolute Gasteiger partial charge is 0.270 e. The molecule has 2 heterocycles. The number of aromatic nitrogens is 3. The zero-order valence-electron chi connectivity index (χ0n) is 25.2. The van der Waals surface area contributed by atoms with Gasteiger partial charge in [0.15, 0.2) is 11.6 Å². The summed E-state index contributed by atoms with van der Waals surface area (Å²) in [7, 11) is -3.83. The molecule has 6 heteroatoms. The van der Waals surface area contributed by atoms with Crippen LogP contribution >= 0.6 is 7.29 Å². The first kappa shape index (κ1) is 27.4. The lowest BCUT2D eigenvalue weighted by Crippen LogP contribution is -2.37. The standard InChI is InChI=1S/C41H27N4OP/c46-47(41-43-39(28-16-4-1-5-17-28)42-40(44-41)29-18-6-2-7-19-29)36-27-15-14-26-35(36)37-33-24-12-10-22-31(33)32-23-11-13-25-34(32)38(37)45(47)30-20-8-3-9-21-30/h1-27H. The van der Waals surface area contributed by atoms with Crippen LogP contribution in [0.15, 0.2) is 164 Å². The van der Waals surface area contributed by atoms with E-state index in [2.05, 4.69) is 54.6 Å². The lowest BCUT2D eigenvalue weighted by atomic mass is 9.90. The highest BCUT2D eigenvalue weighted by Crippen LogP contribution is 2.63. The number of nitrogens with zero attached hydrogens (tertiary/aromatic N) is 4. The van der Waals surface area contributed by atoms with E-state index in [9.17, 15) is 0 Å². The monoisotopic (exact) mass is 622 g/mol. The van der Waals surface area contributed by atoms with Gasteiger partial charge in [-0.15, -0.1) is 0 Å². The molecule has 0 spiro atoms. The Kier molecular flexibility index (Phi) is 6.34. The molecular formula is C41H27N4OP. The molecule has 9 rings (SSSR count). The van der Waals surface area contributed by atoms with Gasteiger partial charge >= 0.3 is 0 Å². The molecule has 1 atom stereocenters. The van der Waals surface area contributed by atoms with Gasteiger partial charge in [-0.25, -0.2) is 15.0 Å². The average molecular weight is 623 g/mol. The maximum atomic E-state index is 16.7. The number of hydrogen-bond donors (Lipinski definition) is 0. The largest absolute Gasteiger partial charge is 0.286 e. The van der Waals surface area contributed by atoms with Crippen LogP contribution in [0.3, 0.4) is 0 Å². The van der Waals surface area contributed by atoms with Crippen molar-refractivity contribution in [1.29, 1.82) is 0 Å². The zero-order valence-corrected chi connectivity index (χ0v) is 26.1. The van der Waals surface area contributed by atoms with Gasteiger partial charge in [0.1, 0.15) is 0 Å². The molecule has 1 aliphatic rings. The molecular weight excluding hydrogens is 595 g/mol. The van der Waals surface area contributed by atoms with E-state index in [4.69, 9.17) is 15.0 Å². The van der Waals surface area contributed by atoms with E-state index in [0.717, 1.165) is 55.2 Å². The minimum atomic E-state index is -3.83. The van der Waals surface area contributed by atoms with Gasteiger partial charge in [-0.05, 0) is 39.9 Å². The molecule has 1 aliphatic heterocycles. The molecule has 0 bridgehead atoms. The molecule has 1 aromatic heterocycles. The lowest BCUT2D eigenvalue weighted by molar-refractivity contribution is 0.585. The Morgan fingerprint density at radius 2 is 0.915 bits per heavy atom. The third kappa shape index (κ3) is 4.25. The summed E-state index contributed by atoms with van der Waals surface area (Å²) in [4.78, 5) is 15.1. The predicted molar refractivity (Wildman–Crippen MR) is 193 cm³/mol. The van der Waals surface area contributed by atoms with Crippen LogP contribution < -0.4 is 15.5 Å². The van der Waals surface area contributed by atoms with Crippen LogP contribution in [-0.2, 0) is 4.57 Å². The Labute approximate surface area is 272 Å². The second-order valence-corrected chi connectivity index (χ2v) is 14.0. The highest BCUT2D eigenvalue weighted by Gasteiger charge is 2.47. The molecule has 0 N–H and O–H groups in total. The third-order valence-electron chi connectivity index (χ3n) is 8.86. The minimum absolute atomic E-state index is 0.240. The molecule has 0 aliphatic carbocycles. The van der Waals surface area contributed by atoms with Gasteiger partial charge in [0.05, 0.1) is 5.69 Å². The molecule has 47 heavy (non-hydrogen) atoms. The van der Waals surface area contributed by atoms with Crippen molar-refractivity contribution in [2.75, 3.05) is 4.67 Å². The first-order chi connectivity index (χ1) is 23.2. The highest BCUT2D eigenvalue weighted by atomic mass is 31.2. The van der Waals surface area contributed by atoms with Crippen molar-refractivity contribution in [2.45, 2.75) is 0 Å². The topological polar surface area (TPSA) is 59.0 Å². The van der Waals surface area contributed by atoms with Crippen LogP contribution in [0.4, 0.5) is 11.4 Å². The van der Waals surface area contributed by atoms with Crippen molar-refractivity contribution < 1.29 is 4.57 Å². The minimum Gasteiger partial charge on any atom is -0.286 e. The molecule has 222 valence electrons. The summed E-state index contributed by atoms with van der Waals surface area (Å²) in [6, 6.07) is 54.6. The van der Waals surface area contributed by atoms with E-state index in [1.165, 1.54) is 0 Å². The fourth-order valence-corrected chi connectivity index (χ4v) is 9.62. The van der Waals surface area contributed by atoms with Gasteiger partial charge in [0.2, 0.25) is 5.57 Å². The fraction of sp³-hybridized carbons (Fsp3) is 0. The number of hydrogen-bond acceptors (Lipinski definition) is 4. The van der Waals surface area contributed by atoms with Crippen LogP contribution in [0.1, 0.15) is 0 Å². The molecule has 0 fully saturated rings.